The average Bonchev–Trinajstić information content (AvgIpc) is 2.58. The van der Waals surface area contributed by atoms with Crippen molar-refractivity contribution in [2.75, 3.05) is 20.7 Å². The summed E-state index contributed by atoms with van der Waals surface area (Å²) in [7, 11) is 3.29. The fourth-order valence-corrected chi connectivity index (χ4v) is 2.09. The van der Waals surface area contributed by atoms with Crippen molar-refractivity contribution in [1.29, 1.82) is 0 Å². The summed E-state index contributed by atoms with van der Waals surface area (Å²) in [6.07, 6.45) is 0.537. The number of hydrogen-bond donors (Lipinski definition) is 0. The largest absolute Gasteiger partial charge is 0.494 e. The summed E-state index contributed by atoms with van der Waals surface area (Å²) >= 11 is 0. The molecule has 1 atom stereocenters. The molecule has 86 valence electrons. The van der Waals surface area contributed by atoms with Gasteiger partial charge < -0.3 is 4.74 Å². The van der Waals surface area contributed by atoms with E-state index in [4.69, 9.17) is 4.74 Å². The molecule has 4 heteroatoms. The third kappa shape index (κ3) is 1.80. The highest BCUT2D eigenvalue weighted by Gasteiger charge is 2.31. The quantitative estimate of drug-likeness (QED) is 0.765. The molecule has 1 fully saturated rings. The Morgan fingerprint density at radius 2 is 2.25 bits per heavy atom. The zero-order valence-corrected chi connectivity index (χ0v) is 9.37. The Bertz CT molecular complexity index is 419. The number of ether oxygens (including phenoxy) is 1. The van der Waals surface area contributed by atoms with E-state index in [1.807, 2.05) is 11.9 Å². The Labute approximate surface area is 93.8 Å². The van der Waals surface area contributed by atoms with Crippen LogP contribution < -0.4 is 4.74 Å². The molecule has 1 aliphatic rings. The molecule has 1 aromatic rings. The van der Waals surface area contributed by atoms with E-state index < -0.39 is 5.82 Å². The Kier molecular flexibility index (Phi) is 2.92. The molecular weight excluding hydrogens is 209 g/mol. The lowest BCUT2D eigenvalue weighted by Gasteiger charge is -2.18. The summed E-state index contributed by atoms with van der Waals surface area (Å²) < 4.78 is 18.3. The van der Waals surface area contributed by atoms with Crippen molar-refractivity contribution in [3.05, 3.63) is 29.6 Å². The van der Waals surface area contributed by atoms with E-state index in [1.165, 1.54) is 13.2 Å². The Balaban J connectivity index is 2.34. The molecule has 0 bridgehead atoms. The number of hydrogen-bond acceptors (Lipinski definition) is 3. The molecule has 0 saturated carbocycles. The van der Waals surface area contributed by atoms with Gasteiger partial charge in [-0.2, -0.15) is 0 Å². The van der Waals surface area contributed by atoms with Crippen LogP contribution in [-0.2, 0) is 4.79 Å². The van der Waals surface area contributed by atoms with Gasteiger partial charge in [-0.1, -0.05) is 6.07 Å². The SMILES string of the molecule is COc1ccc(C2C(=O)CCN2C)cc1F. The summed E-state index contributed by atoms with van der Waals surface area (Å²) in [6.45, 7) is 0.733. The van der Waals surface area contributed by atoms with Crippen LogP contribution in [0, 0.1) is 5.82 Å². The van der Waals surface area contributed by atoms with Crippen molar-refractivity contribution < 1.29 is 13.9 Å². The highest BCUT2D eigenvalue weighted by atomic mass is 19.1. The lowest BCUT2D eigenvalue weighted by atomic mass is 10.0. The first kappa shape index (κ1) is 11.1. The van der Waals surface area contributed by atoms with Gasteiger partial charge >= 0.3 is 0 Å². The van der Waals surface area contributed by atoms with Gasteiger partial charge in [0.05, 0.1) is 13.2 Å². The van der Waals surface area contributed by atoms with Gasteiger partial charge in [0.15, 0.2) is 17.3 Å². The van der Waals surface area contributed by atoms with E-state index in [9.17, 15) is 9.18 Å². The van der Waals surface area contributed by atoms with E-state index in [0.29, 0.717) is 12.0 Å². The molecule has 0 amide bonds. The minimum Gasteiger partial charge on any atom is -0.494 e. The number of halogens is 1. The third-order valence-electron chi connectivity index (χ3n) is 2.95. The number of likely N-dealkylation sites (tertiary alicyclic amines) is 1. The van der Waals surface area contributed by atoms with Crippen LogP contribution in [0.2, 0.25) is 0 Å². The van der Waals surface area contributed by atoms with E-state index in [2.05, 4.69) is 0 Å². The molecular formula is C12H14FNO2. The minimum absolute atomic E-state index is 0.145. The molecule has 0 N–H and O–H groups in total. The van der Waals surface area contributed by atoms with Crippen LogP contribution >= 0.6 is 0 Å². The van der Waals surface area contributed by atoms with Gasteiger partial charge in [0.25, 0.3) is 0 Å². The number of nitrogens with zero attached hydrogens (tertiary/aromatic N) is 1. The fourth-order valence-electron chi connectivity index (χ4n) is 2.09. The van der Waals surface area contributed by atoms with Crippen molar-refractivity contribution >= 4 is 5.78 Å². The number of ketones is 1. The normalized spacial score (nSPS) is 21.4. The monoisotopic (exact) mass is 223 g/mol. The molecule has 0 aromatic heterocycles. The smallest absolute Gasteiger partial charge is 0.165 e. The molecule has 0 radical (unpaired) electrons. The Morgan fingerprint density at radius 1 is 1.50 bits per heavy atom. The van der Waals surface area contributed by atoms with Crippen molar-refractivity contribution in [3.8, 4) is 5.75 Å². The predicted molar refractivity (Wildman–Crippen MR) is 57.9 cm³/mol. The molecule has 1 aromatic carbocycles. The molecule has 1 aliphatic heterocycles. The van der Waals surface area contributed by atoms with Crippen LogP contribution in [0.3, 0.4) is 0 Å². The maximum Gasteiger partial charge on any atom is 0.165 e. The molecule has 2 rings (SSSR count). The lowest BCUT2D eigenvalue weighted by molar-refractivity contribution is -0.119. The fraction of sp³-hybridized carbons (Fsp3) is 0.417. The number of carbonyl (C=O) groups excluding carboxylic acids is 1. The molecule has 1 heterocycles. The first-order valence-electron chi connectivity index (χ1n) is 5.20. The number of methoxy groups -OCH3 is 1. The van der Waals surface area contributed by atoms with Crippen LogP contribution in [-0.4, -0.2) is 31.4 Å². The van der Waals surface area contributed by atoms with E-state index in [0.717, 1.165) is 6.54 Å². The summed E-state index contributed by atoms with van der Waals surface area (Å²) in [5, 5.41) is 0. The Hall–Kier alpha value is -1.42. The van der Waals surface area contributed by atoms with E-state index in [-0.39, 0.29) is 17.6 Å². The molecule has 16 heavy (non-hydrogen) atoms. The zero-order chi connectivity index (χ0) is 11.7. The van der Waals surface area contributed by atoms with Gasteiger partial charge in [-0.3, -0.25) is 9.69 Å². The standard InChI is InChI=1S/C12H14FNO2/c1-14-6-5-10(15)12(14)8-3-4-11(16-2)9(13)7-8/h3-4,7,12H,5-6H2,1-2H3. The summed E-state index contributed by atoms with van der Waals surface area (Å²) in [4.78, 5) is 13.6. The van der Waals surface area contributed by atoms with Crippen LogP contribution in [0.25, 0.3) is 0 Å². The van der Waals surface area contributed by atoms with Gasteiger partial charge in [-0.25, -0.2) is 4.39 Å². The lowest BCUT2D eigenvalue weighted by Crippen LogP contribution is -2.21. The number of carbonyl (C=O) groups is 1. The molecule has 3 nitrogen and oxygen atoms in total. The second kappa shape index (κ2) is 4.22. The van der Waals surface area contributed by atoms with Crippen LogP contribution in [0.5, 0.6) is 5.75 Å². The molecule has 0 spiro atoms. The first-order valence-corrected chi connectivity index (χ1v) is 5.20. The predicted octanol–water partition coefficient (Wildman–Crippen LogP) is 1.78. The van der Waals surface area contributed by atoms with Gasteiger partial charge in [-0.15, -0.1) is 0 Å². The zero-order valence-electron chi connectivity index (χ0n) is 9.37. The maximum atomic E-state index is 13.5. The van der Waals surface area contributed by atoms with Crippen LogP contribution in [0.15, 0.2) is 18.2 Å². The number of likely N-dealkylation sites (N-methyl/N-ethyl adjacent to an activating group) is 1. The van der Waals surface area contributed by atoms with Crippen LogP contribution in [0.1, 0.15) is 18.0 Å². The van der Waals surface area contributed by atoms with Crippen molar-refractivity contribution in [3.63, 3.8) is 0 Å². The van der Waals surface area contributed by atoms with Crippen molar-refractivity contribution in [2.24, 2.45) is 0 Å². The van der Waals surface area contributed by atoms with Crippen molar-refractivity contribution in [1.82, 2.24) is 4.90 Å². The van der Waals surface area contributed by atoms with E-state index in [1.54, 1.807) is 12.1 Å². The third-order valence-corrected chi connectivity index (χ3v) is 2.95. The van der Waals surface area contributed by atoms with Gasteiger partial charge in [-0.05, 0) is 24.7 Å². The molecule has 1 saturated heterocycles. The highest BCUT2D eigenvalue weighted by molar-refractivity contribution is 5.87. The van der Waals surface area contributed by atoms with Gasteiger partial charge in [0.2, 0.25) is 0 Å². The topological polar surface area (TPSA) is 29.5 Å². The van der Waals surface area contributed by atoms with Crippen molar-refractivity contribution in [2.45, 2.75) is 12.5 Å². The first-order chi connectivity index (χ1) is 7.63. The number of rotatable bonds is 2. The van der Waals surface area contributed by atoms with Gasteiger partial charge in [0.1, 0.15) is 0 Å². The van der Waals surface area contributed by atoms with E-state index >= 15 is 0 Å². The average molecular weight is 223 g/mol. The maximum absolute atomic E-state index is 13.5. The number of benzene rings is 1. The minimum atomic E-state index is -0.423. The second-order valence-electron chi connectivity index (χ2n) is 3.99. The highest BCUT2D eigenvalue weighted by Crippen LogP contribution is 2.29. The summed E-state index contributed by atoms with van der Waals surface area (Å²) in [5.74, 6) is -0.0722. The number of Topliss-reactive ketones (excluding diaryl/α,β-unsaturated/α-hetero) is 1. The van der Waals surface area contributed by atoms with Crippen LogP contribution in [0.4, 0.5) is 4.39 Å². The summed E-state index contributed by atoms with van der Waals surface area (Å²) in [6, 6.07) is 4.38. The molecule has 1 unspecified atom stereocenters. The summed E-state index contributed by atoms with van der Waals surface area (Å²) in [5.41, 5.74) is 0.698. The molecule has 0 aliphatic carbocycles. The second-order valence-corrected chi connectivity index (χ2v) is 3.99. The Morgan fingerprint density at radius 3 is 2.75 bits per heavy atom. The van der Waals surface area contributed by atoms with Gasteiger partial charge in [0, 0.05) is 13.0 Å².